The van der Waals surface area contributed by atoms with Gasteiger partial charge in [0.25, 0.3) is 0 Å². The Morgan fingerprint density at radius 2 is 2.22 bits per heavy atom. The Balaban J connectivity index is 2.09. The number of aromatic carboxylic acids is 1. The zero-order valence-corrected chi connectivity index (χ0v) is 11.4. The van der Waals surface area contributed by atoms with Crippen LogP contribution in [-0.2, 0) is 0 Å². The summed E-state index contributed by atoms with van der Waals surface area (Å²) in [7, 11) is 0. The molecule has 18 heavy (non-hydrogen) atoms. The Kier molecular flexibility index (Phi) is 3.53. The SMILES string of the molecule is CC1(C)CCC(Nc2ccc(C(=O)O)cc2Cl)C1. The highest BCUT2D eigenvalue weighted by Gasteiger charge is 2.30. The van der Waals surface area contributed by atoms with Crippen LogP contribution in [0.2, 0.25) is 5.02 Å². The number of hydrogen-bond donors (Lipinski definition) is 2. The molecule has 1 aromatic carbocycles. The van der Waals surface area contributed by atoms with Crippen molar-refractivity contribution >= 4 is 23.3 Å². The summed E-state index contributed by atoms with van der Waals surface area (Å²) in [6.45, 7) is 4.54. The molecule has 4 heteroatoms. The topological polar surface area (TPSA) is 49.3 Å². The molecule has 1 aromatic rings. The summed E-state index contributed by atoms with van der Waals surface area (Å²) in [5, 5.41) is 12.8. The van der Waals surface area contributed by atoms with E-state index in [1.807, 2.05) is 0 Å². The molecule has 98 valence electrons. The third-order valence-corrected chi connectivity index (χ3v) is 3.86. The van der Waals surface area contributed by atoms with E-state index in [9.17, 15) is 4.79 Å². The zero-order valence-electron chi connectivity index (χ0n) is 10.7. The average molecular weight is 268 g/mol. The highest BCUT2D eigenvalue weighted by molar-refractivity contribution is 6.33. The molecule has 0 heterocycles. The van der Waals surface area contributed by atoms with Crippen LogP contribution in [0.1, 0.15) is 43.5 Å². The highest BCUT2D eigenvalue weighted by Crippen LogP contribution is 2.39. The molecular weight excluding hydrogens is 250 g/mol. The van der Waals surface area contributed by atoms with Gasteiger partial charge in [-0.15, -0.1) is 0 Å². The van der Waals surface area contributed by atoms with Crippen LogP contribution >= 0.6 is 11.6 Å². The summed E-state index contributed by atoms with van der Waals surface area (Å²) in [5.41, 5.74) is 1.42. The fraction of sp³-hybridized carbons (Fsp3) is 0.500. The molecule has 1 aliphatic rings. The third kappa shape index (κ3) is 2.96. The predicted octanol–water partition coefficient (Wildman–Crippen LogP) is 4.03. The molecule has 2 rings (SSSR count). The summed E-state index contributed by atoms with van der Waals surface area (Å²) in [6, 6.07) is 5.24. The average Bonchev–Trinajstić information content (AvgIpc) is 2.61. The lowest BCUT2D eigenvalue weighted by atomic mass is 9.92. The molecule has 0 aliphatic heterocycles. The number of hydrogen-bond acceptors (Lipinski definition) is 2. The maximum atomic E-state index is 10.8. The van der Waals surface area contributed by atoms with Crippen molar-refractivity contribution in [1.29, 1.82) is 0 Å². The van der Waals surface area contributed by atoms with Crippen molar-refractivity contribution in [3.8, 4) is 0 Å². The zero-order chi connectivity index (χ0) is 13.3. The minimum absolute atomic E-state index is 0.220. The molecule has 1 unspecified atom stereocenters. The first-order chi connectivity index (χ1) is 8.37. The van der Waals surface area contributed by atoms with Crippen LogP contribution in [0.5, 0.6) is 0 Å². The minimum Gasteiger partial charge on any atom is -0.478 e. The molecule has 2 N–H and O–H groups in total. The number of nitrogens with one attached hydrogen (secondary N) is 1. The molecule has 1 saturated carbocycles. The molecule has 3 nitrogen and oxygen atoms in total. The van der Waals surface area contributed by atoms with Crippen molar-refractivity contribution in [3.05, 3.63) is 28.8 Å². The first-order valence-corrected chi connectivity index (χ1v) is 6.54. The molecule has 1 fully saturated rings. The van der Waals surface area contributed by atoms with Crippen LogP contribution in [0.3, 0.4) is 0 Å². The Hall–Kier alpha value is -1.22. The molecule has 0 radical (unpaired) electrons. The van der Waals surface area contributed by atoms with Crippen molar-refractivity contribution in [2.45, 2.75) is 39.2 Å². The smallest absolute Gasteiger partial charge is 0.335 e. The van der Waals surface area contributed by atoms with Crippen LogP contribution in [0, 0.1) is 5.41 Å². The van der Waals surface area contributed by atoms with Crippen molar-refractivity contribution in [2.75, 3.05) is 5.32 Å². The number of carboxylic acids is 1. The van der Waals surface area contributed by atoms with E-state index < -0.39 is 5.97 Å². The van der Waals surface area contributed by atoms with Gasteiger partial charge in [0.15, 0.2) is 0 Å². The number of benzene rings is 1. The van der Waals surface area contributed by atoms with E-state index in [2.05, 4.69) is 19.2 Å². The summed E-state index contributed by atoms with van der Waals surface area (Å²) >= 11 is 6.10. The van der Waals surface area contributed by atoms with Crippen molar-refractivity contribution in [2.24, 2.45) is 5.41 Å². The van der Waals surface area contributed by atoms with E-state index in [1.165, 1.54) is 12.5 Å². The first kappa shape index (κ1) is 13.2. The Morgan fingerprint density at radius 1 is 1.50 bits per heavy atom. The molecule has 1 atom stereocenters. The molecule has 1 aliphatic carbocycles. The van der Waals surface area contributed by atoms with Gasteiger partial charge in [-0.25, -0.2) is 4.79 Å². The second-order valence-electron chi connectivity index (χ2n) is 5.75. The number of anilines is 1. The molecule has 0 bridgehead atoms. The highest BCUT2D eigenvalue weighted by atomic mass is 35.5. The summed E-state index contributed by atoms with van der Waals surface area (Å²) < 4.78 is 0. The third-order valence-electron chi connectivity index (χ3n) is 3.54. The van der Waals surface area contributed by atoms with E-state index in [1.54, 1.807) is 12.1 Å². The van der Waals surface area contributed by atoms with Gasteiger partial charge in [-0.2, -0.15) is 0 Å². The maximum absolute atomic E-state index is 10.8. The predicted molar refractivity (Wildman–Crippen MR) is 73.5 cm³/mol. The van der Waals surface area contributed by atoms with Gasteiger partial charge in [-0.1, -0.05) is 25.4 Å². The Bertz CT molecular complexity index is 471. The minimum atomic E-state index is -0.953. The van der Waals surface area contributed by atoms with Gasteiger partial charge in [0.1, 0.15) is 0 Å². The molecule has 0 amide bonds. The molecular formula is C14H18ClNO2. The summed E-state index contributed by atoms with van der Waals surface area (Å²) in [5.74, 6) is -0.953. The second-order valence-corrected chi connectivity index (χ2v) is 6.16. The van der Waals surface area contributed by atoms with Crippen LogP contribution in [0.4, 0.5) is 5.69 Å². The van der Waals surface area contributed by atoms with E-state index >= 15 is 0 Å². The fourth-order valence-corrected chi connectivity index (χ4v) is 2.78. The van der Waals surface area contributed by atoms with Gasteiger partial charge in [-0.05, 0) is 42.9 Å². The van der Waals surface area contributed by atoms with E-state index in [0.29, 0.717) is 16.5 Å². The number of carboxylic acid groups (broad SMARTS) is 1. The largest absolute Gasteiger partial charge is 0.478 e. The van der Waals surface area contributed by atoms with Crippen LogP contribution < -0.4 is 5.32 Å². The van der Waals surface area contributed by atoms with Crippen LogP contribution in [0.25, 0.3) is 0 Å². The van der Waals surface area contributed by atoms with Crippen LogP contribution in [0.15, 0.2) is 18.2 Å². The van der Waals surface area contributed by atoms with Crippen molar-refractivity contribution < 1.29 is 9.90 Å². The quantitative estimate of drug-likeness (QED) is 0.869. The first-order valence-electron chi connectivity index (χ1n) is 6.17. The standard InChI is InChI=1S/C14H18ClNO2/c1-14(2)6-5-10(8-14)16-12-4-3-9(13(17)18)7-11(12)15/h3-4,7,10,16H,5-6,8H2,1-2H3,(H,17,18). The van der Waals surface area contributed by atoms with Gasteiger partial charge >= 0.3 is 5.97 Å². The van der Waals surface area contributed by atoms with Crippen molar-refractivity contribution in [1.82, 2.24) is 0 Å². The maximum Gasteiger partial charge on any atom is 0.335 e. The molecule has 0 spiro atoms. The lowest BCUT2D eigenvalue weighted by molar-refractivity contribution is 0.0697. The van der Waals surface area contributed by atoms with Gasteiger partial charge in [-0.3, -0.25) is 0 Å². The number of carbonyl (C=O) groups is 1. The lowest BCUT2D eigenvalue weighted by Gasteiger charge is -2.19. The summed E-state index contributed by atoms with van der Waals surface area (Å²) in [6.07, 6.45) is 3.45. The van der Waals surface area contributed by atoms with Crippen LogP contribution in [-0.4, -0.2) is 17.1 Å². The summed E-state index contributed by atoms with van der Waals surface area (Å²) in [4.78, 5) is 10.8. The van der Waals surface area contributed by atoms with Gasteiger partial charge in [0, 0.05) is 6.04 Å². The van der Waals surface area contributed by atoms with Gasteiger partial charge < -0.3 is 10.4 Å². The fourth-order valence-electron chi connectivity index (χ4n) is 2.54. The van der Waals surface area contributed by atoms with Crippen molar-refractivity contribution in [3.63, 3.8) is 0 Å². The van der Waals surface area contributed by atoms with E-state index in [-0.39, 0.29) is 5.56 Å². The van der Waals surface area contributed by atoms with Gasteiger partial charge in [0.2, 0.25) is 0 Å². The lowest BCUT2D eigenvalue weighted by Crippen LogP contribution is -2.17. The number of halogens is 1. The second kappa shape index (κ2) is 4.81. The monoisotopic (exact) mass is 267 g/mol. The van der Waals surface area contributed by atoms with Gasteiger partial charge in [0.05, 0.1) is 16.3 Å². The van der Waals surface area contributed by atoms with E-state index in [4.69, 9.17) is 16.7 Å². The molecule has 0 saturated heterocycles. The number of rotatable bonds is 3. The van der Waals surface area contributed by atoms with E-state index in [0.717, 1.165) is 18.5 Å². The molecule has 0 aromatic heterocycles. The Morgan fingerprint density at radius 3 is 2.72 bits per heavy atom. The Labute approximate surface area is 112 Å². The normalized spacial score (nSPS) is 21.8.